The molecule has 0 aromatic heterocycles. The molecule has 2 aliphatic heterocycles. The van der Waals surface area contributed by atoms with Crippen LogP contribution < -0.4 is 14.4 Å². The predicted octanol–water partition coefficient (Wildman–Crippen LogP) is 5.11. The molecule has 4 atom stereocenters. The minimum absolute atomic E-state index is 0.116. The standard InChI is InChI=1S/C24H28F3NO5/c1-23-20(14-22(24(25,26)27)28(23)17-6-10-19(30-3)11-7-17)21(32-33-23)12-13-31-15-16-4-8-18(29-2)9-5-16/h4-11,20-22H,12-15H2,1-3H3/t20-,21?,22?,23+/m0/s1. The highest BCUT2D eigenvalue weighted by atomic mass is 19.4. The lowest BCUT2D eigenvalue weighted by atomic mass is 9.90. The number of ether oxygens (including phenoxy) is 3. The molecule has 0 N–H and O–H groups in total. The van der Waals surface area contributed by atoms with Gasteiger partial charge in [0.1, 0.15) is 23.6 Å². The summed E-state index contributed by atoms with van der Waals surface area (Å²) in [6, 6.07) is 12.3. The van der Waals surface area contributed by atoms with Crippen LogP contribution in [0.25, 0.3) is 0 Å². The quantitative estimate of drug-likeness (QED) is 0.397. The molecule has 2 aliphatic rings. The molecule has 0 spiro atoms. The third kappa shape index (κ3) is 4.76. The highest BCUT2D eigenvalue weighted by Crippen LogP contribution is 2.53. The van der Waals surface area contributed by atoms with Gasteiger partial charge in [0, 0.05) is 24.6 Å². The van der Waals surface area contributed by atoms with E-state index in [1.165, 1.54) is 12.0 Å². The molecule has 0 radical (unpaired) electrons. The maximum Gasteiger partial charge on any atom is 0.408 e. The highest BCUT2D eigenvalue weighted by Gasteiger charge is 2.65. The molecule has 2 saturated heterocycles. The Morgan fingerprint density at radius 1 is 1.00 bits per heavy atom. The van der Waals surface area contributed by atoms with Crippen molar-refractivity contribution in [2.45, 2.75) is 50.4 Å². The van der Waals surface area contributed by atoms with E-state index in [1.54, 1.807) is 38.3 Å². The van der Waals surface area contributed by atoms with Gasteiger partial charge in [0.15, 0.2) is 5.72 Å². The molecule has 33 heavy (non-hydrogen) atoms. The van der Waals surface area contributed by atoms with Crippen LogP contribution in [-0.2, 0) is 21.1 Å². The van der Waals surface area contributed by atoms with Gasteiger partial charge in [-0.2, -0.15) is 13.2 Å². The van der Waals surface area contributed by atoms with E-state index in [9.17, 15) is 13.2 Å². The van der Waals surface area contributed by atoms with Crippen molar-refractivity contribution >= 4 is 5.69 Å². The number of fused-ring (bicyclic) bond motifs is 1. The summed E-state index contributed by atoms with van der Waals surface area (Å²) in [6.07, 6.45) is -4.60. The van der Waals surface area contributed by atoms with Crippen molar-refractivity contribution < 1.29 is 37.2 Å². The summed E-state index contributed by atoms with van der Waals surface area (Å²) in [7, 11) is 3.11. The number of benzene rings is 2. The molecular formula is C24H28F3NO5. The van der Waals surface area contributed by atoms with Crippen LogP contribution in [-0.4, -0.2) is 44.9 Å². The van der Waals surface area contributed by atoms with Gasteiger partial charge in [-0.1, -0.05) is 12.1 Å². The molecule has 2 aromatic carbocycles. The molecule has 9 heteroatoms. The van der Waals surface area contributed by atoms with E-state index in [0.717, 1.165) is 11.3 Å². The average molecular weight is 467 g/mol. The molecule has 2 fully saturated rings. The second-order valence-corrected chi connectivity index (χ2v) is 8.43. The number of methoxy groups -OCH3 is 2. The zero-order valence-electron chi connectivity index (χ0n) is 18.8. The molecule has 180 valence electrons. The molecule has 6 nitrogen and oxygen atoms in total. The molecule has 0 bridgehead atoms. The number of alkyl halides is 3. The second-order valence-electron chi connectivity index (χ2n) is 8.43. The van der Waals surface area contributed by atoms with Gasteiger partial charge in [0.2, 0.25) is 0 Å². The van der Waals surface area contributed by atoms with Crippen LogP contribution in [0.2, 0.25) is 0 Å². The van der Waals surface area contributed by atoms with Crippen molar-refractivity contribution in [1.29, 1.82) is 0 Å². The highest BCUT2D eigenvalue weighted by molar-refractivity contribution is 5.54. The summed E-state index contributed by atoms with van der Waals surface area (Å²) in [5.41, 5.74) is 0.145. The molecule has 4 rings (SSSR count). The fraction of sp³-hybridized carbons (Fsp3) is 0.500. The van der Waals surface area contributed by atoms with Crippen molar-refractivity contribution in [1.82, 2.24) is 0 Å². The Labute approximate surface area is 191 Å². The molecule has 0 amide bonds. The minimum Gasteiger partial charge on any atom is -0.497 e. The van der Waals surface area contributed by atoms with Gasteiger partial charge in [-0.05, 0) is 55.3 Å². The van der Waals surface area contributed by atoms with E-state index >= 15 is 0 Å². The number of nitrogens with zero attached hydrogens (tertiary/aromatic N) is 1. The van der Waals surface area contributed by atoms with Crippen LogP contribution in [0, 0.1) is 5.92 Å². The van der Waals surface area contributed by atoms with Crippen LogP contribution >= 0.6 is 0 Å². The van der Waals surface area contributed by atoms with Crippen LogP contribution in [0.1, 0.15) is 25.3 Å². The zero-order chi connectivity index (χ0) is 23.6. The fourth-order valence-corrected chi connectivity index (χ4v) is 4.70. The molecule has 2 aromatic rings. The summed E-state index contributed by atoms with van der Waals surface area (Å²) in [5.74, 6) is 0.867. The number of halogens is 3. The summed E-state index contributed by atoms with van der Waals surface area (Å²) in [6.45, 7) is 2.39. The van der Waals surface area contributed by atoms with Gasteiger partial charge in [-0.25, -0.2) is 9.78 Å². The van der Waals surface area contributed by atoms with Gasteiger partial charge in [0.25, 0.3) is 0 Å². The first-order valence-electron chi connectivity index (χ1n) is 10.8. The fourth-order valence-electron chi connectivity index (χ4n) is 4.70. The smallest absolute Gasteiger partial charge is 0.408 e. The van der Waals surface area contributed by atoms with Crippen LogP contribution in [0.5, 0.6) is 11.5 Å². The van der Waals surface area contributed by atoms with Crippen LogP contribution in [0.15, 0.2) is 48.5 Å². The molecule has 0 saturated carbocycles. The number of anilines is 1. The first-order valence-corrected chi connectivity index (χ1v) is 10.8. The van der Waals surface area contributed by atoms with Crippen molar-refractivity contribution in [2.75, 3.05) is 25.7 Å². The lowest BCUT2D eigenvalue weighted by Gasteiger charge is -2.38. The van der Waals surface area contributed by atoms with Gasteiger partial charge < -0.3 is 19.1 Å². The maximum absolute atomic E-state index is 14.0. The largest absolute Gasteiger partial charge is 0.497 e. The lowest BCUT2D eigenvalue weighted by Crippen LogP contribution is -2.52. The third-order valence-electron chi connectivity index (χ3n) is 6.45. The van der Waals surface area contributed by atoms with E-state index in [-0.39, 0.29) is 6.42 Å². The van der Waals surface area contributed by atoms with Crippen LogP contribution in [0.3, 0.4) is 0 Å². The SMILES string of the molecule is COc1ccc(COCCC2OO[C@]3(C)[C@H]2CC(C(F)(F)F)N3c2ccc(OC)cc2)cc1. The molecule has 2 unspecified atom stereocenters. The topological polar surface area (TPSA) is 49.4 Å². The normalized spacial score (nSPS) is 27.0. The Bertz CT molecular complexity index is 921. The van der Waals surface area contributed by atoms with E-state index in [2.05, 4.69) is 0 Å². The van der Waals surface area contributed by atoms with Gasteiger partial charge in [0.05, 0.1) is 20.8 Å². The molecular weight excluding hydrogens is 439 g/mol. The maximum atomic E-state index is 14.0. The van der Waals surface area contributed by atoms with E-state index in [0.29, 0.717) is 31.1 Å². The predicted molar refractivity (Wildman–Crippen MR) is 115 cm³/mol. The monoisotopic (exact) mass is 467 g/mol. The Balaban J connectivity index is 1.42. The molecule has 2 heterocycles. The number of hydrogen-bond donors (Lipinski definition) is 0. The third-order valence-corrected chi connectivity index (χ3v) is 6.45. The first kappa shape index (κ1) is 23.7. The van der Waals surface area contributed by atoms with Crippen LogP contribution in [0.4, 0.5) is 18.9 Å². The van der Waals surface area contributed by atoms with Gasteiger partial charge in [-0.3, -0.25) is 0 Å². The Hall–Kier alpha value is -2.49. The lowest BCUT2D eigenvalue weighted by molar-refractivity contribution is -0.326. The van der Waals surface area contributed by atoms with Gasteiger partial charge in [-0.15, -0.1) is 0 Å². The van der Waals surface area contributed by atoms with Crippen molar-refractivity contribution in [3.8, 4) is 11.5 Å². The Kier molecular flexibility index (Phi) is 6.74. The van der Waals surface area contributed by atoms with Gasteiger partial charge >= 0.3 is 6.18 Å². The van der Waals surface area contributed by atoms with E-state index in [1.807, 2.05) is 24.3 Å². The summed E-state index contributed by atoms with van der Waals surface area (Å²) < 4.78 is 58.0. The van der Waals surface area contributed by atoms with Crippen molar-refractivity contribution in [2.24, 2.45) is 5.92 Å². The zero-order valence-corrected chi connectivity index (χ0v) is 18.8. The molecule has 0 aliphatic carbocycles. The van der Waals surface area contributed by atoms with Crippen molar-refractivity contribution in [3.63, 3.8) is 0 Å². The summed E-state index contributed by atoms with van der Waals surface area (Å²) in [4.78, 5) is 12.4. The number of rotatable bonds is 8. The number of hydrogen-bond acceptors (Lipinski definition) is 6. The summed E-state index contributed by atoms with van der Waals surface area (Å²) in [5, 5.41) is 0. The average Bonchev–Trinajstić information content (AvgIpc) is 3.29. The first-order chi connectivity index (χ1) is 15.8. The Morgan fingerprint density at radius 2 is 1.61 bits per heavy atom. The van der Waals surface area contributed by atoms with E-state index < -0.39 is 30.0 Å². The minimum atomic E-state index is -4.41. The Morgan fingerprint density at radius 3 is 2.18 bits per heavy atom. The van der Waals surface area contributed by atoms with Crippen molar-refractivity contribution in [3.05, 3.63) is 54.1 Å². The van der Waals surface area contributed by atoms with E-state index in [4.69, 9.17) is 24.0 Å². The summed E-state index contributed by atoms with van der Waals surface area (Å²) >= 11 is 0. The second kappa shape index (κ2) is 9.40.